The van der Waals surface area contributed by atoms with E-state index in [9.17, 15) is 4.79 Å². The Balaban J connectivity index is 2.02. The van der Waals surface area contributed by atoms with Gasteiger partial charge in [-0.05, 0) is 12.1 Å². The largest absolute Gasteiger partial charge is 0.443 e. The van der Waals surface area contributed by atoms with Crippen molar-refractivity contribution in [1.29, 1.82) is 0 Å². The van der Waals surface area contributed by atoms with Crippen LogP contribution in [-0.2, 0) is 15.1 Å². The fraction of sp³-hybridized carbons (Fsp3) is 0.111. The first-order chi connectivity index (χ1) is 10.7. The van der Waals surface area contributed by atoms with E-state index < -0.39 is 5.60 Å². The van der Waals surface area contributed by atoms with E-state index >= 15 is 0 Å². The molecule has 0 bridgehead atoms. The molecule has 1 atom stereocenters. The fourth-order valence-electron chi connectivity index (χ4n) is 3.09. The third-order valence-corrected chi connectivity index (χ3v) is 3.98. The molecule has 0 aliphatic carbocycles. The molecule has 0 amide bonds. The Morgan fingerprint density at radius 1 is 1.09 bits per heavy atom. The number of aliphatic imine (C=N–C) groups is 1. The first-order valence-corrected chi connectivity index (χ1v) is 7.11. The molecule has 0 radical (unpaired) electrons. The van der Waals surface area contributed by atoms with E-state index in [0.717, 1.165) is 27.7 Å². The third kappa shape index (κ3) is 1.70. The van der Waals surface area contributed by atoms with Crippen molar-refractivity contribution in [1.82, 2.24) is 4.98 Å². The van der Waals surface area contributed by atoms with Crippen molar-refractivity contribution in [3.05, 3.63) is 65.9 Å². The number of aromatic amines is 1. The number of carbonyl (C=O) groups is 1. The van der Waals surface area contributed by atoms with Crippen LogP contribution in [0.3, 0.4) is 0 Å². The van der Waals surface area contributed by atoms with E-state index in [1.54, 1.807) is 6.21 Å². The maximum absolute atomic E-state index is 11.8. The minimum absolute atomic E-state index is 0.339. The lowest BCUT2D eigenvalue weighted by molar-refractivity contribution is -0.148. The molecule has 0 saturated carbocycles. The Labute approximate surface area is 127 Å². The summed E-state index contributed by atoms with van der Waals surface area (Å²) in [6.45, 7) is 1.42. The summed E-state index contributed by atoms with van der Waals surface area (Å²) in [7, 11) is 0. The number of nitrogens with one attached hydrogen (secondary N) is 1. The highest BCUT2D eigenvalue weighted by atomic mass is 16.6. The van der Waals surface area contributed by atoms with Gasteiger partial charge >= 0.3 is 5.97 Å². The molecule has 1 unspecified atom stereocenters. The summed E-state index contributed by atoms with van der Waals surface area (Å²) in [6.07, 6.45) is 3.61. The lowest BCUT2D eigenvalue weighted by atomic mass is 9.87. The molecule has 3 aromatic rings. The van der Waals surface area contributed by atoms with E-state index in [1.165, 1.54) is 6.92 Å². The van der Waals surface area contributed by atoms with Gasteiger partial charge in [-0.3, -0.25) is 9.79 Å². The molecule has 1 N–H and O–H groups in total. The second-order valence-electron chi connectivity index (χ2n) is 5.35. The van der Waals surface area contributed by atoms with E-state index in [1.807, 2.05) is 54.7 Å². The topological polar surface area (TPSA) is 54.5 Å². The van der Waals surface area contributed by atoms with Gasteiger partial charge in [-0.25, -0.2) is 0 Å². The van der Waals surface area contributed by atoms with Crippen LogP contribution < -0.4 is 0 Å². The number of benzene rings is 2. The smallest absolute Gasteiger partial charge is 0.304 e. The van der Waals surface area contributed by atoms with Gasteiger partial charge in [0.05, 0.1) is 11.9 Å². The molecule has 22 heavy (non-hydrogen) atoms. The first-order valence-electron chi connectivity index (χ1n) is 7.11. The second-order valence-corrected chi connectivity index (χ2v) is 5.35. The third-order valence-electron chi connectivity index (χ3n) is 3.98. The van der Waals surface area contributed by atoms with Crippen molar-refractivity contribution in [2.24, 2.45) is 4.99 Å². The van der Waals surface area contributed by atoms with Crippen molar-refractivity contribution < 1.29 is 9.53 Å². The Hall–Kier alpha value is -2.88. The van der Waals surface area contributed by atoms with Crippen LogP contribution in [0.1, 0.15) is 18.1 Å². The lowest BCUT2D eigenvalue weighted by Crippen LogP contribution is -2.32. The van der Waals surface area contributed by atoms with Crippen LogP contribution in [0.15, 0.2) is 59.7 Å². The van der Waals surface area contributed by atoms with Gasteiger partial charge in [0.1, 0.15) is 0 Å². The number of carbonyl (C=O) groups excluding carboxylic acids is 1. The van der Waals surface area contributed by atoms with E-state index in [4.69, 9.17) is 4.74 Å². The van der Waals surface area contributed by atoms with Gasteiger partial charge < -0.3 is 9.72 Å². The van der Waals surface area contributed by atoms with E-state index in [2.05, 4.69) is 9.98 Å². The zero-order valence-electron chi connectivity index (χ0n) is 12.0. The monoisotopic (exact) mass is 290 g/mol. The zero-order chi connectivity index (χ0) is 15.2. The molecule has 2 heterocycles. The molecule has 0 saturated heterocycles. The number of aromatic nitrogens is 1. The van der Waals surface area contributed by atoms with Crippen molar-refractivity contribution in [3.8, 4) is 0 Å². The van der Waals surface area contributed by atoms with Gasteiger partial charge in [-0.15, -0.1) is 0 Å². The molecule has 4 nitrogen and oxygen atoms in total. The van der Waals surface area contributed by atoms with Crippen molar-refractivity contribution in [2.45, 2.75) is 12.5 Å². The predicted molar refractivity (Wildman–Crippen MR) is 85.4 cm³/mol. The van der Waals surface area contributed by atoms with Gasteiger partial charge in [0, 0.05) is 35.2 Å². The van der Waals surface area contributed by atoms with Crippen molar-refractivity contribution in [3.63, 3.8) is 0 Å². The SMILES string of the molecule is CC(=O)OC1(c2c[nH]c3ccccc23)C=Nc2ccccc21. The number of hydrogen-bond acceptors (Lipinski definition) is 3. The summed E-state index contributed by atoms with van der Waals surface area (Å²) in [5, 5.41) is 1.02. The van der Waals surface area contributed by atoms with Crippen LogP contribution in [-0.4, -0.2) is 17.2 Å². The van der Waals surface area contributed by atoms with Crippen molar-refractivity contribution in [2.75, 3.05) is 0 Å². The van der Waals surface area contributed by atoms with E-state index in [0.29, 0.717) is 0 Å². The molecular weight excluding hydrogens is 276 g/mol. The van der Waals surface area contributed by atoms with Gasteiger partial charge in [0.2, 0.25) is 5.60 Å². The Morgan fingerprint density at radius 3 is 2.73 bits per heavy atom. The summed E-state index contributed by atoms with van der Waals surface area (Å²) in [6, 6.07) is 15.7. The summed E-state index contributed by atoms with van der Waals surface area (Å²) in [4.78, 5) is 19.4. The molecule has 4 heteroatoms. The molecule has 0 fully saturated rings. The van der Waals surface area contributed by atoms with Gasteiger partial charge in [-0.1, -0.05) is 36.4 Å². The van der Waals surface area contributed by atoms with Crippen molar-refractivity contribution >= 4 is 28.8 Å². The average molecular weight is 290 g/mol. The minimum atomic E-state index is -0.970. The number of fused-ring (bicyclic) bond motifs is 2. The number of H-pyrrole nitrogens is 1. The molecule has 0 spiro atoms. The van der Waals surface area contributed by atoms with Crippen LogP contribution in [0, 0.1) is 0 Å². The highest BCUT2D eigenvalue weighted by Gasteiger charge is 2.43. The first kappa shape index (κ1) is 12.8. The summed E-state index contributed by atoms with van der Waals surface area (Å²) < 4.78 is 5.77. The van der Waals surface area contributed by atoms with Gasteiger partial charge in [-0.2, -0.15) is 0 Å². The summed E-state index contributed by atoms with van der Waals surface area (Å²) in [5.74, 6) is -0.339. The number of nitrogens with zero attached hydrogens (tertiary/aromatic N) is 1. The molecule has 1 aromatic heterocycles. The Kier molecular flexibility index (Phi) is 2.66. The van der Waals surface area contributed by atoms with E-state index in [-0.39, 0.29) is 5.97 Å². The maximum Gasteiger partial charge on any atom is 0.304 e. The Bertz CT molecular complexity index is 910. The molecule has 1 aliphatic heterocycles. The van der Waals surface area contributed by atoms with Crippen LogP contribution in [0.25, 0.3) is 10.9 Å². The number of hydrogen-bond donors (Lipinski definition) is 1. The summed E-state index contributed by atoms with van der Waals surface area (Å²) in [5.41, 5.74) is 2.64. The zero-order valence-corrected chi connectivity index (χ0v) is 12.0. The number of para-hydroxylation sites is 2. The molecule has 4 rings (SSSR count). The number of ether oxygens (including phenoxy) is 1. The Morgan fingerprint density at radius 2 is 1.86 bits per heavy atom. The lowest BCUT2D eigenvalue weighted by Gasteiger charge is -2.27. The van der Waals surface area contributed by atoms with Crippen LogP contribution in [0.5, 0.6) is 0 Å². The quantitative estimate of drug-likeness (QED) is 0.732. The normalized spacial score (nSPS) is 19.3. The molecule has 1 aliphatic rings. The maximum atomic E-state index is 11.8. The van der Waals surface area contributed by atoms with Crippen LogP contribution in [0.2, 0.25) is 0 Å². The van der Waals surface area contributed by atoms with Gasteiger partial charge in [0.15, 0.2) is 0 Å². The second kappa shape index (κ2) is 4.56. The fourth-order valence-corrected chi connectivity index (χ4v) is 3.09. The minimum Gasteiger partial charge on any atom is -0.443 e. The number of esters is 1. The summed E-state index contributed by atoms with van der Waals surface area (Å²) >= 11 is 0. The highest BCUT2D eigenvalue weighted by molar-refractivity contribution is 5.96. The molecule has 2 aromatic carbocycles. The standard InChI is InChI=1S/C18H14N2O2/c1-12(21)22-18(11-20-17-9-5-3-7-14(17)18)15-10-19-16-8-4-2-6-13(15)16/h2-11,19H,1H3. The predicted octanol–water partition coefficient (Wildman–Crippen LogP) is 3.69. The van der Waals surface area contributed by atoms with Crippen LogP contribution >= 0.6 is 0 Å². The van der Waals surface area contributed by atoms with Crippen LogP contribution in [0.4, 0.5) is 5.69 Å². The van der Waals surface area contributed by atoms with Gasteiger partial charge in [0.25, 0.3) is 0 Å². The average Bonchev–Trinajstić information content (AvgIpc) is 3.10. The highest BCUT2D eigenvalue weighted by Crippen LogP contribution is 2.44. The number of rotatable bonds is 2. The molecule has 108 valence electrons. The molecular formula is C18H14N2O2.